The lowest BCUT2D eigenvalue weighted by molar-refractivity contribution is 0.447. The number of benzene rings is 2. The molecule has 6 heteroatoms. The first-order valence-electron chi connectivity index (χ1n) is 6.98. The van der Waals surface area contributed by atoms with Crippen LogP contribution in [0, 0.1) is 0 Å². The molecule has 2 heterocycles. The molecule has 114 valence electrons. The molecule has 0 amide bonds. The molecule has 4 aromatic rings. The van der Waals surface area contributed by atoms with Crippen molar-refractivity contribution in [2.45, 2.75) is 4.90 Å². The van der Waals surface area contributed by atoms with E-state index in [0.717, 1.165) is 9.36 Å². The molecule has 0 radical (unpaired) electrons. The fraction of sp³-hybridized carbons (Fsp3) is 0. The van der Waals surface area contributed by atoms with Crippen molar-refractivity contribution in [3.63, 3.8) is 0 Å². The molecule has 5 nitrogen and oxygen atoms in total. The van der Waals surface area contributed by atoms with E-state index in [1.54, 1.807) is 54.7 Å². The maximum atomic E-state index is 13.1. The van der Waals surface area contributed by atoms with Gasteiger partial charge in [-0.3, -0.25) is 4.98 Å². The van der Waals surface area contributed by atoms with Crippen LogP contribution in [0.1, 0.15) is 0 Å². The highest BCUT2D eigenvalue weighted by molar-refractivity contribution is 7.90. The van der Waals surface area contributed by atoms with Crippen molar-refractivity contribution < 1.29 is 13.5 Å². The first-order valence-corrected chi connectivity index (χ1v) is 8.42. The molecule has 0 fully saturated rings. The van der Waals surface area contributed by atoms with Crippen LogP contribution in [0.15, 0.2) is 71.8 Å². The number of nitrogens with zero attached hydrogens (tertiary/aromatic N) is 2. The monoisotopic (exact) mass is 324 g/mol. The number of para-hydroxylation sites is 2. The molecule has 23 heavy (non-hydrogen) atoms. The van der Waals surface area contributed by atoms with Crippen LogP contribution in [0.2, 0.25) is 0 Å². The zero-order chi connectivity index (χ0) is 16.0. The van der Waals surface area contributed by atoms with Gasteiger partial charge in [-0.25, -0.2) is 12.4 Å². The fourth-order valence-corrected chi connectivity index (χ4v) is 4.34. The molecule has 0 saturated heterocycles. The Balaban J connectivity index is 2.09. The van der Waals surface area contributed by atoms with Crippen LogP contribution in [-0.4, -0.2) is 22.5 Å². The highest BCUT2D eigenvalue weighted by Gasteiger charge is 2.25. The van der Waals surface area contributed by atoms with Crippen molar-refractivity contribution in [3.05, 3.63) is 66.9 Å². The van der Waals surface area contributed by atoms with E-state index < -0.39 is 10.0 Å². The van der Waals surface area contributed by atoms with Crippen LogP contribution >= 0.6 is 0 Å². The zero-order valence-corrected chi connectivity index (χ0v) is 12.7. The van der Waals surface area contributed by atoms with Crippen LogP contribution < -0.4 is 0 Å². The summed E-state index contributed by atoms with van der Waals surface area (Å²) in [5.41, 5.74) is 0.810. The van der Waals surface area contributed by atoms with Crippen molar-refractivity contribution in [2.24, 2.45) is 0 Å². The van der Waals surface area contributed by atoms with E-state index in [9.17, 15) is 13.5 Å². The van der Waals surface area contributed by atoms with E-state index in [4.69, 9.17) is 0 Å². The topological polar surface area (TPSA) is 72.2 Å². The Hall–Kier alpha value is -2.86. The second-order valence-corrected chi connectivity index (χ2v) is 6.92. The van der Waals surface area contributed by atoms with Gasteiger partial charge in [0.15, 0.2) is 0 Å². The van der Waals surface area contributed by atoms with E-state index in [1.807, 2.05) is 0 Å². The van der Waals surface area contributed by atoms with Gasteiger partial charge in [-0.15, -0.1) is 0 Å². The van der Waals surface area contributed by atoms with E-state index in [2.05, 4.69) is 4.98 Å². The minimum absolute atomic E-state index is 0.0623. The van der Waals surface area contributed by atoms with Crippen molar-refractivity contribution in [1.82, 2.24) is 8.96 Å². The number of pyridine rings is 1. The Morgan fingerprint density at radius 1 is 0.913 bits per heavy atom. The zero-order valence-electron chi connectivity index (χ0n) is 11.9. The van der Waals surface area contributed by atoms with E-state index in [-0.39, 0.29) is 10.8 Å². The molecular formula is C17H12N2O3S. The SMILES string of the molecule is O=S(=O)(c1cccc2cccnc12)n1c(O)cc2ccccc21. The molecule has 1 N–H and O–H groups in total. The minimum atomic E-state index is -3.98. The predicted molar refractivity (Wildman–Crippen MR) is 87.9 cm³/mol. The van der Waals surface area contributed by atoms with Crippen molar-refractivity contribution in [1.29, 1.82) is 0 Å². The number of fused-ring (bicyclic) bond motifs is 2. The number of aromatic nitrogens is 2. The van der Waals surface area contributed by atoms with Gasteiger partial charge in [-0.05, 0) is 18.2 Å². The summed E-state index contributed by atoms with van der Waals surface area (Å²) in [6, 6.07) is 16.9. The molecule has 0 atom stereocenters. The Morgan fingerprint density at radius 2 is 1.65 bits per heavy atom. The minimum Gasteiger partial charge on any atom is -0.494 e. The number of hydrogen-bond acceptors (Lipinski definition) is 4. The molecule has 0 aliphatic heterocycles. The molecule has 0 bridgehead atoms. The predicted octanol–water partition coefficient (Wildman–Crippen LogP) is 3.13. The lowest BCUT2D eigenvalue weighted by atomic mass is 10.2. The smallest absolute Gasteiger partial charge is 0.273 e. The van der Waals surface area contributed by atoms with E-state index in [1.165, 1.54) is 12.1 Å². The Morgan fingerprint density at radius 3 is 2.52 bits per heavy atom. The van der Waals surface area contributed by atoms with Gasteiger partial charge < -0.3 is 5.11 Å². The third-order valence-corrected chi connectivity index (χ3v) is 5.51. The van der Waals surface area contributed by atoms with Gasteiger partial charge in [0.25, 0.3) is 10.0 Å². The summed E-state index contributed by atoms with van der Waals surface area (Å²) in [5.74, 6) is -0.320. The summed E-state index contributed by atoms with van der Waals surface area (Å²) in [4.78, 5) is 4.26. The summed E-state index contributed by atoms with van der Waals surface area (Å²) < 4.78 is 27.2. The molecule has 0 spiro atoms. The van der Waals surface area contributed by atoms with Crippen molar-refractivity contribution in [2.75, 3.05) is 0 Å². The molecule has 2 aromatic heterocycles. The molecule has 0 saturated carbocycles. The first kappa shape index (κ1) is 13.8. The van der Waals surface area contributed by atoms with Gasteiger partial charge in [-0.2, -0.15) is 0 Å². The van der Waals surface area contributed by atoms with Crippen LogP contribution in [0.3, 0.4) is 0 Å². The van der Waals surface area contributed by atoms with Gasteiger partial charge in [0.2, 0.25) is 5.88 Å². The third kappa shape index (κ3) is 1.99. The molecule has 0 aliphatic carbocycles. The van der Waals surface area contributed by atoms with Gasteiger partial charge in [0.05, 0.1) is 11.0 Å². The van der Waals surface area contributed by atoms with Gasteiger partial charge >= 0.3 is 0 Å². The summed E-state index contributed by atoms with van der Waals surface area (Å²) in [5, 5.41) is 11.5. The summed E-state index contributed by atoms with van der Waals surface area (Å²) in [6.07, 6.45) is 1.55. The highest BCUT2D eigenvalue weighted by atomic mass is 32.2. The lowest BCUT2D eigenvalue weighted by Crippen LogP contribution is -2.13. The maximum absolute atomic E-state index is 13.1. The largest absolute Gasteiger partial charge is 0.494 e. The second-order valence-electron chi connectivity index (χ2n) is 5.16. The van der Waals surface area contributed by atoms with Crippen LogP contribution in [0.5, 0.6) is 5.88 Å². The number of hydrogen-bond donors (Lipinski definition) is 1. The standard InChI is InChI=1S/C17H12N2O3S/c20-16-11-13-5-1-2-8-14(13)19(16)23(21,22)15-9-3-6-12-7-4-10-18-17(12)15/h1-11,20H. The fourth-order valence-electron chi connectivity index (χ4n) is 2.75. The Kier molecular flexibility index (Phi) is 2.89. The van der Waals surface area contributed by atoms with Crippen molar-refractivity contribution >= 4 is 31.8 Å². The molecule has 0 unspecified atom stereocenters. The van der Waals surface area contributed by atoms with Crippen molar-refractivity contribution in [3.8, 4) is 5.88 Å². The quantitative estimate of drug-likeness (QED) is 0.615. The molecular weight excluding hydrogens is 312 g/mol. The average Bonchev–Trinajstić information content (AvgIpc) is 2.90. The lowest BCUT2D eigenvalue weighted by Gasteiger charge is -2.10. The highest BCUT2D eigenvalue weighted by Crippen LogP contribution is 2.31. The van der Waals surface area contributed by atoms with Crippen LogP contribution in [0.25, 0.3) is 21.8 Å². The van der Waals surface area contributed by atoms with Gasteiger partial charge in [0, 0.05) is 23.0 Å². The summed E-state index contributed by atoms with van der Waals surface area (Å²) in [6.45, 7) is 0. The number of rotatable bonds is 2. The molecule has 2 aromatic carbocycles. The van der Waals surface area contributed by atoms with E-state index in [0.29, 0.717) is 16.4 Å². The Labute approximate surface area is 132 Å². The molecule has 0 aliphatic rings. The van der Waals surface area contributed by atoms with Gasteiger partial charge in [-0.1, -0.05) is 36.4 Å². The summed E-state index contributed by atoms with van der Waals surface area (Å²) >= 11 is 0. The third-order valence-electron chi connectivity index (χ3n) is 3.76. The number of aromatic hydroxyl groups is 1. The second kappa shape index (κ2) is 4.82. The normalized spacial score (nSPS) is 12.0. The average molecular weight is 324 g/mol. The van der Waals surface area contributed by atoms with Crippen LogP contribution in [0.4, 0.5) is 0 Å². The summed E-state index contributed by atoms with van der Waals surface area (Å²) in [7, 11) is -3.98. The van der Waals surface area contributed by atoms with Gasteiger partial charge in [0.1, 0.15) is 4.90 Å². The molecule has 4 rings (SSSR count). The Bertz CT molecular complexity index is 1140. The first-order chi connectivity index (χ1) is 11.1. The maximum Gasteiger partial charge on any atom is 0.273 e. The van der Waals surface area contributed by atoms with Crippen LogP contribution in [-0.2, 0) is 10.0 Å². The van der Waals surface area contributed by atoms with E-state index >= 15 is 0 Å².